The van der Waals surface area contributed by atoms with Gasteiger partial charge < -0.3 is 5.32 Å². The highest BCUT2D eigenvalue weighted by Crippen LogP contribution is 2.43. The highest BCUT2D eigenvalue weighted by molar-refractivity contribution is 9.10. The molecule has 1 aliphatic carbocycles. The van der Waals surface area contributed by atoms with E-state index in [4.69, 9.17) is 0 Å². The first kappa shape index (κ1) is 14.6. The van der Waals surface area contributed by atoms with Crippen molar-refractivity contribution in [2.75, 3.05) is 4.90 Å². The van der Waals surface area contributed by atoms with Gasteiger partial charge in [0.05, 0.1) is 0 Å². The highest BCUT2D eigenvalue weighted by atomic mass is 79.9. The van der Waals surface area contributed by atoms with Crippen molar-refractivity contribution in [1.82, 2.24) is 5.32 Å². The van der Waals surface area contributed by atoms with E-state index in [0.29, 0.717) is 6.42 Å². The van der Waals surface area contributed by atoms with Gasteiger partial charge in [0.25, 0.3) is 5.91 Å². The van der Waals surface area contributed by atoms with Crippen LogP contribution in [0.25, 0.3) is 0 Å². The number of nitrogens with one attached hydrogen (secondary N) is 1. The third kappa shape index (κ3) is 2.37. The number of carbonyl (C=O) groups excluding carboxylic acids is 2. The molecule has 2 aliphatic rings. The van der Waals surface area contributed by atoms with Crippen molar-refractivity contribution >= 4 is 33.4 Å². The zero-order chi connectivity index (χ0) is 15.2. The van der Waals surface area contributed by atoms with Gasteiger partial charge in [-0.05, 0) is 56.4 Å². The molecule has 21 heavy (non-hydrogen) atoms. The van der Waals surface area contributed by atoms with Gasteiger partial charge in [-0.3, -0.25) is 14.5 Å². The molecule has 0 bridgehead atoms. The average Bonchev–Trinajstić information content (AvgIpc) is 3.28. The van der Waals surface area contributed by atoms with E-state index in [9.17, 15) is 9.59 Å². The third-order valence-electron chi connectivity index (χ3n) is 4.55. The van der Waals surface area contributed by atoms with Gasteiger partial charge in [0.1, 0.15) is 11.6 Å². The smallest absolute Gasteiger partial charge is 0.253 e. The second-order valence-electron chi connectivity index (χ2n) is 6.04. The lowest BCUT2D eigenvalue weighted by Crippen LogP contribution is -2.70. The summed E-state index contributed by atoms with van der Waals surface area (Å²) in [6.45, 7) is 3.80. The molecule has 0 spiro atoms. The fourth-order valence-corrected chi connectivity index (χ4v) is 3.37. The molecule has 1 saturated carbocycles. The second kappa shape index (κ2) is 5.13. The van der Waals surface area contributed by atoms with Gasteiger partial charge in [0.2, 0.25) is 5.91 Å². The molecule has 1 N–H and O–H groups in total. The monoisotopic (exact) mass is 350 g/mol. The Balaban J connectivity index is 2.02. The van der Waals surface area contributed by atoms with Gasteiger partial charge >= 0.3 is 0 Å². The van der Waals surface area contributed by atoms with Crippen molar-refractivity contribution in [1.29, 1.82) is 0 Å². The fraction of sp³-hybridized carbons (Fsp3) is 0.500. The Morgan fingerprint density at radius 2 is 1.90 bits per heavy atom. The van der Waals surface area contributed by atoms with Gasteiger partial charge in [-0.15, -0.1) is 0 Å². The molecule has 2 fully saturated rings. The lowest BCUT2D eigenvalue weighted by molar-refractivity contribution is -0.138. The number of amides is 2. The van der Waals surface area contributed by atoms with Crippen molar-refractivity contribution in [3.63, 3.8) is 0 Å². The van der Waals surface area contributed by atoms with E-state index in [0.717, 1.165) is 23.0 Å². The molecule has 2 atom stereocenters. The molecule has 2 amide bonds. The van der Waals surface area contributed by atoms with E-state index < -0.39 is 11.6 Å². The number of anilines is 1. The molecule has 2 unspecified atom stereocenters. The third-order valence-corrected chi connectivity index (χ3v) is 5.07. The summed E-state index contributed by atoms with van der Waals surface area (Å²) in [6.07, 6.45) is 2.62. The summed E-state index contributed by atoms with van der Waals surface area (Å²) in [7, 11) is 0. The van der Waals surface area contributed by atoms with Crippen LogP contribution in [0.3, 0.4) is 0 Å². The van der Waals surface area contributed by atoms with Crippen molar-refractivity contribution in [2.45, 2.75) is 44.7 Å². The molecule has 4 nitrogen and oxygen atoms in total. The molecule has 1 aromatic rings. The number of nitrogens with zero attached hydrogens (tertiary/aromatic N) is 1. The highest BCUT2D eigenvalue weighted by Gasteiger charge is 2.55. The second-order valence-corrected chi connectivity index (χ2v) is 6.96. The van der Waals surface area contributed by atoms with Crippen molar-refractivity contribution < 1.29 is 9.59 Å². The van der Waals surface area contributed by atoms with E-state index in [2.05, 4.69) is 21.2 Å². The number of benzene rings is 1. The van der Waals surface area contributed by atoms with Crippen LogP contribution in [-0.4, -0.2) is 23.4 Å². The molecule has 5 heteroatoms. The first-order chi connectivity index (χ1) is 9.97. The molecular weight excluding hydrogens is 332 g/mol. The molecule has 1 saturated heterocycles. The lowest BCUT2D eigenvalue weighted by Gasteiger charge is -2.44. The number of carbonyl (C=O) groups is 2. The van der Waals surface area contributed by atoms with Gasteiger partial charge in [-0.2, -0.15) is 0 Å². The van der Waals surface area contributed by atoms with Crippen LogP contribution in [0.2, 0.25) is 0 Å². The molecule has 3 rings (SSSR count). The fourth-order valence-electron chi connectivity index (χ4n) is 3.11. The Morgan fingerprint density at radius 1 is 1.29 bits per heavy atom. The van der Waals surface area contributed by atoms with Crippen LogP contribution >= 0.6 is 15.9 Å². The summed E-state index contributed by atoms with van der Waals surface area (Å²) in [4.78, 5) is 27.2. The Bertz CT molecular complexity index is 582. The van der Waals surface area contributed by atoms with Crippen LogP contribution < -0.4 is 10.2 Å². The first-order valence-electron chi connectivity index (χ1n) is 7.38. The summed E-state index contributed by atoms with van der Waals surface area (Å²) in [6, 6.07) is 7.14. The minimum atomic E-state index is -0.754. The quantitative estimate of drug-likeness (QED) is 0.911. The molecule has 0 radical (unpaired) electrons. The Labute approximate surface area is 133 Å². The Morgan fingerprint density at radius 3 is 2.43 bits per heavy atom. The normalized spacial score (nSPS) is 29.5. The summed E-state index contributed by atoms with van der Waals surface area (Å²) in [5.41, 5.74) is 0.0345. The minimum Gasteiger partial charge on any atom is -0.340 e. The number of hydrogen-bond donors (Lipinski definition) is 1. The van der Waals surface area contributed by atoms with Gasteiger partial charge in [-0.1, -0.05) is 22.9 Å². The zero-order valence-electron chi connectivity index (χ0n) is 12.2. The Kier molecular flexibility index (Phi) is 3.56. The SMILES string of the molecule is CCC1C(=O)NC(C)(C2CC2)C(=O)N1c1ccc(Br)cc1. The molecule has 112 valence electrons. The zero-order valence-corrected chi connectivity index (χ0v) is 13.8. The number of halogens is 1. The van der Waals surface area contributed by atoms with Gasteiger partial charge in [0, 0.05) is 10.2 Å². The predicted octanol–water partition coefficient (Wildman–Crippen LogP) is 2.86. The molecule has 1 heterocycles. The molecule has 1 aromatic carbocycles. The van der Waals surface area contributed by atoms with E-state index in [1.165, 1.54) is 0 Å². The van der Waals surface area contributed by atoms with E-state index in [1.54, 1.807) is 4.90 Å². The predicted molar refractivity (Wildman–Crippen MR) is 85.0 cm³/mol. The van der Waals surface area contributed by atoms with Crippen LogP contribution in [-0.2, 0) is 9.59 Å². The van der Waals surface area contributed by atoms with Crippen molar-refractivity contribution in [3.05, 3.63) is 28.7 Å². The van der Waals surface area contributed by atoms with E-state index in [1.807, 2.05) is 38.1 Å². The number of rotatable bonds is 3. The maximum Gasteiger partial charge on any atom is 0.253 e. The van der Waals surface area contributed by atoms with E-state index in [-0.39, 0.29) is 17.7 Å². The summed E-state index contributed by atoms with van der Waals surface area (Å²) >= 11 is 3.40. The maximum atomic E-state index is 13.0. The number of piperazine rings is 1. The molecular formula is C16H19BrN2O2. The van der Waals surface area contributed by atoms with Crippen LogP contribution in [0.4, 0.5) is 5.69 Å². The van der Waals surface area contributed by atoms with Crippen LogP contribution in [0, 0.1) is 5.92 Å². The summed E-state index contributed by atoms with van der Waals surface area (Å²) in [5, 5.41) is 2.98. The van der Waals surface area contributed by atoms with Gasteiger partial charge in [-0.25, -0.2) is 0 Å². The maximum absolute atomic E-state index is 13.0. The Hall–Kier alpha value is -1.36. The minimum absolute atomic E-state index is 0.0128. The topological polar surface area (TPSA) is 49.4 Å². The van der Waals surface area contributed by atoms with Crippen LogP contribution in [0.5, 0.6) is 0 Å². The van der Waals surface area contributed by atoms with Crippen LogP contribution in [0.1, 0.15) is 33.1 Å². The standard InChI is InChI=1S/C16H19BrN2O2/c1-3-13-14(20)18-16(2,10-4-5-10)15(21)19(13)12-8-6-11(17)7-9-12/h6-10,13H,3-5H2,1-2H3,(H,18,20). The van der Waals surface area contributed by atoms with Crippen molar-refractivity contribution in [3.8, 4) is 0 Å². The summed E-state index contributed by atoms with van der Waals surface area (Å²) < 4.78 is 0.957. The average molecular weight is 351 g/mol. The largest absolute Gasteiger partial charge is 0.340 e. The molecule has 0 aromatic heterocycles. The van der Waals surface area contributed by atoms with E-state index >= 15 is 0 Å². The lowest BCUT2D eigenvalue weighted by atomic mass is 9.88. The first-order valence-corrected chi connectivity index (χ1v) is 8.18. The van der Waals surface area contributed by atoms with Crippen molar-refractivity contribution in [2.24, 2.45) is 5.92 Å². The van der Waals surface area contributed by atoms with Crippen LogP contribution in [0.15, 0.2) is 28.7 Å². The molecule has 1 aliphatic heterocycles. The summed E-state index contributed by atoms with van der Waals surface area (Å²) in [5.74, 6) is 0.234. The van der Waals surface area contributed by atoms with Gasteiger partial charge in [0.15, 0.2) is 0 Å². The number of hydrogen-bond acceptors (Lipinski definition) is 2.